The smallest absolute Gasteiger partial charge is 0.147 e. The molecule has 2 nitrogen and oxygen atoms in total. The van der Waals surface area contributed by atoms with Crippen LogP contribution in [0.2, 0.25) is 0 Å². The molecule has 2 N–H and O–H groups in total. The van der Waals surface area contributed by atoms with E-state index in [9.17, 15) is 0 Å². The highest BCUT2D eigenvalue weighted by molar-refractivity contribution is 9.11. The fourth-order valence-electron chi connectivity index (χ4n) is 2.87. The van der Waals surface area contributed by atoms with Gasteiger partial charge in [0.2, 0.25) is 0 Å². The summed E-state index contributed by atoms with van der Waals surface area (Å²) in [4.78, 5) is 0. The van der Waals surface area contributed by atoms with Crippen molar-refractivity contribution in [3.05, 3.63) is 26.6 Å². The Hall–Kier alpha value is -0.0600. The van der Waals surface area contributed by atoms with E-state index in [1.807, 2.05) is 0 Å². The zero-order valence-corrected chi connectivity index (χ0v) is 15.9. The van der Waals surface area contributed by atoms with Gasteiger partial charge in [0.15, 0.2) is 0 Å². The fourth-order valence-corrected chi connectivity index (χ4v) is 4.38. The summed E-state index contributed by atoms with van der Waals surface area (Å²) in [6.45, 7) is 2.95. The van der Waals surface area contributed by atoms with Gasteiger partial charge >= 0.3 is 0 Å². The Morgan fingerprint density at radius 2 is 1.81 bits per heavy atom. The molecule has 1 aliphatic rings. The molecule has 0 radical (unpaired) electrons. The Morgan fingerprint density at radius 3 is 2.38 bits per heavy atom. The van der Waals surface area contributed by atoms with Crippen LogP contribution >= 0.6 is 31.9 Å². The first-order chi connectivity index (χ1) is 10.1. The number of hydrogen-bond donors (Lipinski definition) is 1. The third kappa shape index (κ3) is 5.26. The van der Waals surface area contributed by atoms with E-state index in [-0.39, 0.29) is 6.04 Å². The maximum atomic E-state index is 6.07. The molecule has 1 atom stereocenters. The largest absolute Gasteiger partial charge is 0.491 e. The van der Waals surface area contributed by atoms with Crippen molar-refractivity contribution >= 4 is 31.9 Å². The predicted octanol–water partition coefficient (Wildman–Crippen LogP) is 5.45. The van der Waals surface area contributed by atoms with E-state index >= 15 is 0 Å². The van der Waals surface area contributed by atoms with Crippen LogP contribution in [0.4, 0.5) is 0 Å². The Bertz CT molecular complexity index is 435. The van der Waals surface area contributed by atoms with Gasteiger partial charge in [-0.05, 0) is 81.2 Å². The summed E-state index contributed by atoms with van der Waals surface area (Å²) < 4.78 is 8.11. The van der Waals surface area contributed by atoms with E-state index in [1.165, 1.54) is 37.7 Å². The standard InChI is InChI=1S/C17H25Br2NO/c1-2-14(20)8-13-9-15(18)17(16(19)10-13)21-11-12-6-4-3-5-7-12/h9-10,12,14H,2-8,11,20H2,1H3. The van der Waals surface area contributed by atoms with Crippen molar-refractivity contribution in [2.45, 2.75) is 57.9 Å². The lowest BCUT2D eigenvalue weighted by atomic mass is 9.90. The van der Waals surface area contributed by atoms with Crippen LogP contribution in [-0.2, 0) is 6.42 Å². The minimum absolute atomic E-state index is 0.220. The van der Waals surface area contributed by atoms with E-state index < -0.39 is 0 Å². The van der Waals surface area contributed by atoms with Gasteiger partial charge in [-0.3, -0.25) is 0 Å². The van der Waals surface area contributed by atoms with Crippen LogP contribution in [0.25, 0.3) is 0 Å². The molecule has 21 heavy (non-hydrogen) atoms. The molecular formula is C17H25Br2NO. The number of hydrogen-bond acceptors (Lipinski definition) is 2. The molecule has 1 saturated carbocycles. The van der Waals surface area contributed by atoms with Crippen LogP contribution in [0.1, 0.15) is 51.0 Å². The average molecular weight is 419 g/mol. The van der Waals surface area contributed by atoms with Crippen LogP contribution in [0.15, 0.2) is 21.1 Å². The lowest BCUT2D eigenvalue weighted by Crippen LogP contribution is -2.21. The van der Waals surface area contributed by atoms with E-state index in [2.05, 4.69) is 50.9 Å². The highest BCUT2D eigenvalue weighted by Crippen LogP contribution is 2.36. The van der Waals surface area contributed by atoms with Crippen molar-refractivity contribution < 1.29 is 4.74 Å². The first-order valence-corrected chi connectivity index (χ1v) is 9.55. The number of ether oxygens (including phenoxy) is 1. The first-order valence-electron chi connectivity index (χ1n) is 7.96. The predicted molar refractivity (Wildman–Crippen MR) is 95.9 cm³/mol. The van der Waals surface area contributed by atoms with Gasteiger partial charge in [0.1, 0.15) is 5.75 Å². The third-order valence-corrected chi connectivity index (χ3v) is 5.45. The summed E-state index contributed by atoms with van der Waals surface area (Å²) >= 11 is 7.28. The molecule has 1 unspecified atom stereocenters. The SMILES string of the molecule is CCC(N)Cc1cc(Br)c(OCC2CCCCC2)c(Br)c1. The van der Waals surface area contributed by atoms with Gasteiger partial charge in [-0.1, -0.05) is 26.2 Å². The van der Waals surface area contributed by atoms with Crippen molar-refractivity contribution in [1.29, 1.82) is 0 Å². The van der Waals surface area contributed by atoms with Crippen LogP contribution in [0, 0.1) is 5.92 Å². The van der Waals surface area contributed by atoms with Crippen LogP contribution in [-0.4, -0.2) is 12.6 Å². The number of benzene rings is 1. The molecule has 1 aliphatic carbocycles. The van der Waals surface area contributed by atoms with E-state index in [0.29, 0.717) is 5.92 Å². The van der Waals surface area contributed by atoms with Crippen molar-refractivity contribution in [2.24, 2.45) is 11.7 Å². The zero-order valence-electron chi connectivity index (χ0n) is 12.7. The molecule has 0 aliphatic heterocycles. The monoisotopic (exact) mass is 417 g/mol. The molecule has 0 amide bonds. The molecule has 0 heterocycles. The number of rotatable bonds is 6. The zero-order chi connectivity index (χ0) is 15.2. The second-order valence-electron chi connectivity index (χ2n) is 6.08. The highest BCUT2D eigenvalue weighted by atomic mass is 79.9. The number of nitrogens with two attached hydrogens (primary N) is 1. The van der Waals surface area contributed by atoms with Crippen LogP contribution < -0.4 is 10.5 Å². The van der Waals surface area contributed by atoms with Crippen LogP contribution in [0.3, 0.4) is 0 Å². The maximum Gasteiger partial charge on any atom is 0.147 e. The molecule has 0 bridgehead atoms. The number of halogens is 2. The normalized spacial score (nSPS) is 17.7. The van der Waals surface area contributed by atoms with Crippen LogP contribution in [0.5, 0.6) is 5.75 Å². The van der Waals surface area contributed by atoms with Crippen molar-refractivity contribution in [2.75, 3.05) is 6.61 Å². The molecule has 1 aromatic rings. The van der Waals surface area contributed by atoms with E-state index in [1.54, 1.807) is 0 Å². The van der Waals surface area contributed by atoms with Gasteiger partial charge in [0.05, 0.1) is 15.6 Å². The summed E-state index contributed by atoms with van der Waals surface area (Å²) in [6.07, 6.45) is 8.59. The Balaban J connectivity index is 1.99. The van der Waals surface area contributed by atoms with Gasteiger partial charge in [0, 0.05) is 6.04 Å². The Kier molecular flexibility index (Phi) is 7.03. The first kappa shape index (κ1) is 17.3. The summed E-state index contributed by atoms with van der Waals surface area (Å²) in [5.41, 5.74) is 7.28. The quantitative estimate of drug-likeness (QED) is 0.666. The van der Waals surface area contributed by atoms with Crippen molar-refractivity contribution in [1.82, 2.24) is 0 Å². The van der Waals surface area contributed by atoms with Gasteiger partial charge in [-0.15, -0.1) is 0 Å². The molecule has 0 spiro atoms. The minimum atomic E-state index is 0.220. The summed E-state index contributed by atoms with van der Waals surface area (Å²) in [5.74, 6) is 1.64. The molecule has 0 saturated heterocycles. The molecule has 1 fully saturated rings. The highest BCUT2D eigenvalue weighted by Gasteiger charge is 2.16. The van der Waals surface area contributed by atoms with Gasteiger partial charge < -0.3 is 10.5 Å². The molecule has 4 heteroatoms. The van der Waals surface area contributed by atoms with E-state index in [0.717, 1.165) is 34.1 Å². The fraction of sp³-hybridized carbons (Fsp3) is 0.647. The van der Waals surface area contributed by atoms with Crippen molar-refractivity contribution in [3.63, 3.8) is 0 Å². The second-order valence-corrected chi connectivity index (χ2v) is 7.78. The lowest BCUT2D eigenvalue weighted by Gasteiger charge is -2.22. The lowest BCUT2D eigenvalue weighted by molar-refractivity contribution is 0.207. The molecule has 118 valence electrons. The molecule has 1 aromatic carbocycles. The van der Waals surface area contributed by atoms with Gasteiger partial charge in [-0.2, -0.15) is 0 Å². The van der Waals surface area contributed by atoms with E-state index in [4.69, 9.17) is 10.5 Å². The molecular weight excluding hydrogens is 394 g/mol. The molecule has 0 aromatic heterocycles. The summed E-state index contributed by atoms with van der Waals surface area (Å²) in [5, 5.41) is 0. The average Bonchev–Trinajstić information content (AvgIpc) is 2.47. The Labute approximate surface area is 145 Å². The topological polar surface area (TPSA) is 35.2 Å². The Morgan fingerprint density at radius 1 is 1.19 bits per heavy atom. The minimum Gasteiger partial charge on any atom is -0.491 e. The summed E-state index contributed by atoms with van der Waals surface area (Å²) in [7, 11) is 0. The van der Waals surface area contributed by atoms with Crippen molar-refractivity contribution in [3.8, 4) is 5.75 Å². The van der Waals surface area contributed by atoms with Gasteiger partial charge in [0.25, 0.3) is 0 Å². The molecule has 2 rings (SSSR count). The third-order valence-electron chi connectivity index (χ3n) is 4.27. The summed E-state index contributed by atoms with van der Waals surface area (Å²) in [6, 6.07) is 4.49. The second kappa shape index (κ2) is 8.54. The van der Waals surface area contributed by atoms with Gasteiger partial charge in [-0.25, -0.2) is 0 Å². The maximum absolute atomic E-state index is 6.07.